The third kappa shape index (κ3) is 5.17. The lowest BCUT2D eigenvalue weighted by Gasteiger charge is -2.22. The van der Waals surface area contributed by atoms with E-state index in [1.165, 1.54) is 11.1 Å². The predicted molar refractivity (Wildman–Crippen MR) is 107 cm³/mol. The molecule has 0 aromatic carbocycles. The van der Waals surface area contributed by atoms with Crippen LogP contribution >= 0.6 is 11.6 Å². The molecule has 6 nitrogen and oxygen atoms in total. The van der Waals surface area contributed by atoms with E-state index in [2.05, 4.69) is 29.7 Å². The molecule has 0 bridgehead atoms. The highest BCUT2D eigenvalue weighted by atomic mass is 35.5. The lowest BCUT2D eigenvalue weighted by atomic mass is 10.2. The predicted octanol–water partition coefficient (Wildman–Crippen LogP) is 4.14. The number of nitrogens with zero attached hydrogens (tertiary/aromatic N) is 4. The van der Waals surface area contributed by atoms with Crippen LogP contribution in [0.4, 0.5) is 18.9 Å². The number of alkyl halides is 3. The molecule has 2 aromatic heterocycles. The van der Waals surface area contributed by atoms with Gasteiger partial charge in [-0.2, -0.15) is 18.3 Å². The quantitative estimate of drug-likeness (QED) is 0.379. The van der Waals surface area contributed by atoms with Crippen LogP contribution in [0.1, 0.15) is 16.7 Å². The average molecular weight is 447 g/mol. The summed E-state index contributed by atoms with van der Waals surface area (Å²) >= 11 is 5.87. The Morgan fingerprint density at radius 2 is 1.90 bits per heavy atom. The zero-order valence-corrected chi connectivity index (χ0v) is 18.1. The molecule has 0 radical (unpaired) electrons. The summed E-state index contributed by atoms with van der Waals surface area (Å²) in [5.74, 6) is 0. The van der Waals surface area contributed by atoms with E-state index in [4.69, 9.17) is 16.3 Å². The van der Waals surface area contributed by atoms with Gasteiger partial charge in [0.1, 0.15) is 17.4 Å². The molecule has 0 aliphatic carbocycles. The molecule has 0 unspecified atom stereocenters. The normalized spacial score (nSPS) is 14.4. The van der Waals surface area contributed by atoms with Crippen LogP contribution in [-0.2, 0) is 30.7 Å². The van der Waals surface area contributed by atoms with Crippen LogP contribution in [-0.4, -0.2) is 29.4 Å². The minimum atomic E-state index is -4.82. The number of rotatable bonds is 6. The summed E-state index contributed by atoms with van der Waals surface area (Å²) < 4.78 is 47.4. The van der Waals surface area contributed by atoms with Crippen molar-refractivity contribution in [3.63, 3.8) is 0 Å². The topological polar surface area (TPSA) is 60.2 Å². The number of fused-ring (bicyclic) bond motifs is 1. The molecule has 2 aromatic rings. The van der Waals surface area contributed by atoms with Crippen molar-refractivity contribution >= 4 is 25.4 Å². The van der Waals surface area contributed by atoms with Crippen LogP contribution in [0, 0.1) is 0 Å². The van der Waals surface area contributed by atoms with Crippen molar-refractivity contribution in [2.45, 2.75) is 51.7 Å². The average Bonchev–Trinajstić information content (AvgIpc) is 3.00. The maximum absolute atomic E-state index is 13.7. The second-order valence-corrected chi connectivity index (χ2v) is 14.2. The molecular weight excluding hydrogens is 425 g/mol. The second kappa shape index (κ2) is 8.08. The molecule has 0 saturated heterocycles. The Morgan fingerprint density at radius 3 is 2.55 bits per heavy atom. The summed E-state index contributed by atoms with van der Waals surface area (Å²) in [5, 5.41) is 4.19. The standard InChI is InChI=1S/C18H22ClF3N4O2Si/c1-29(2,3)5-4-28-11-26-17(27)16(18(20,21)22)14(8-24-26)25-9-12-6-15(19)23-7-13(12)10-25/h6-8H,4-5,9-11H2,1-3H3. The Hall–Kier alpha value is -1.91. The van der Waals surface area contributed by atoms with Crippen LogP contribution in [0.3, 0.4) is 0 Å². The maximum Gasteiger partial charge on any atom is 0.423 e. The largest absolute Gasteiger partial charge is 0.423 e. The van der Waals surface area contributed by atoms with Crippen molar-refractivity contribution in [2.75, 3.05) is 11.5 Å². The summed E-state index contributed by atoms with van der Waals surface area (Å²) in [5.41, 5.74) is -1.17. The summed E-state index contributed by atoms with van der Waals surface area (Å²) in [7, 11) is -1.35. The molecule has 1 aliphatic heterocycles. The third-order valence-electron chi connectivity index (χ3n) is 4.63. The molecule has 0 spiro atoms. The molecule has 0 fully saturated rings. The van der Waals surface area contributed by atoms with Gasteiger partial charge in [-0.15, -0.1) is 0 Å². The highest BCUT2D eigenvalue weighted by Gasteiger charge is 2.40. The van der Waals surface area contributed by atoms with Crippen LogP contribution in [0.25, 0.3) is 0 Å². The number of pyridine rings is 1. The van der Waals surface area contributed by atoms with Crippen molar-refractivity contribution in [1.29, 1.82) is 0 Å². The van der Waals surface area contributed by atoms with E-state index in [1.807, 2.05) is 0 Å². The monoisotopic (exact) mass is 446 g/mol. The van der Waals surface area contributed by atoms with Crippen molar-refractivity contribution in [1.82, 2.24) is 14.8 Å². The Bertz CT molecular complexity index is 960. The first-order valence-corrected chi connectivity index (χ1v) is 13.2. The molecule has 29 heavy (non-hydrogen) atoms. The lowest BCUT2D eigenvalue weighted by molar-refractivity contribution is -0.138. The van der Waals surface area contributed by atoms with E-state index in [9.17, 15) is 18.0 Å². The van der Waals surface area contributed by atoms with Crippen LogP contribution in [0.5, 0.6) is 0 Å². The van der Waals surface area contributed by atoms with Crippen LogP contribution in [0.15, 0.2) is 23.3 Å². The zero-order chi connectivity index (χ0) is 21.4. The van der Waals surface area contributed by atoms with Gasteiger partial charge in [-0.3, -0.25) is 4.79 Å². The zero-order valence-electron chi connectivity index (χ0n) is 16.4. The minimum Gasteiger partial charge on any atom is -0.361 e. The van der Waals surface area contributed by atoms with Gasteiger partial charge in [-0.25, -0.2) is 9.67 Å². The molecule has 158 valence electrons. The molecule has 3 heterocycles. The maximum atomic E-state index is 13.7. The SMILES string of the molecule is C[Si](C)(C)CCOCn1ncc(N2Cc3cnc(Cl)cc3C2)c(C(F)(F)F)c1=O. The Kier molecular flexibility index (Phi) is 6.07. The Morgan fingerprint density at radius 1 is 1.21 bits per heavy atom. The van der Waals surface area contributed by atoms with Gasteiger partial charge in [0.15, 0.2) is 0 Å². The van der Waals surface area contributed by atoms with Crippen molar-refractivity contribution < 1.29 is 17.9 Å². The lowest BCUT2D eigenvalue weighted by Crippen LogP contribution is -2.34. The minimum absolute atomic E-state index is 0.193. The van der Waals surface area contributed by atoms with E-state index in [0.717, 1.165) is 28.0 Å². The van der Waals surface area contributed by atoms with Gasteiger partial charge in [0.05, 0.1) is 11.9 Å². The Balaban J connectivity index is 1.86. The van der Waals surface area contributed by atoms with Crippen molar-refractivity contribution in [3.05, 3.63) is 50.7 Å². The Labute approximate surface area is 172 Å². The third-order valence-corrected chi connectivity index (χ3v) is 6.54. The fourth-order valence-electron chi connectivity index (χ4n) is 3.03. The fraction of sp³-hybridized carbons (Fsp3) is 0.500. The first-order chi connectivity index (χ1) is 13.5. The van der Waals surface area contributed by atoms with Gasteiger partial charge < -0.3 is 9.64 Å². The van der Waals surface area contributed by atoms with Crippen molar-refractivity contribution in [3.8, 4) is 0 Å². The molecule has 0 amide bonds. The molecule has 3 rings (SSSR count). The summed E-state index contributed by atoms with van der Waals surface area (Å²) in [6.45, 7) is 6.93. The smallest absolute Gasteiger partial charge is 0.361 e. The highest BCUT2D eigenvalue weighted by Crippen LogP contribution is 2.37. The summed E-state index contributed by atoms with van der Waals surface area (Å²) in [6, 6.07) is 2.46. The van der Waals surface area contributed by atoms with Crippen molar-refractivity contribution in [2.24, 2.45) is 0 Å². The highest BCUT2D eigenvalue weighted by molar-refractivity contribution is 6.76. The molecule has 0 atom stereocenters. The van der Waals surface area contributed by atoms with Gasteiger partial charge in [-0.05, 0) is 23.2 Å². The fourth-order valence-corrected chi connectivity index (χ4v) is 3.97. The molecular formula is C18H22ClF3N4O2Si. The first-order valence-electron chi connectivity index (χ1n) is 9.09. The van der Waals surface area contributed by atoms with Gasteiger partial charge in [0.25, 0.3) is 5.56 Å². The van der Waals surface area contributed by atoms with E-state index < -0.39 is 25.4 Å². The van der Waals surface area contributed by atoms with E-state index in [-0.39, 0.29) is 30.7 Å². The first kappa shape index (κ1) is 21.8. The number of halogens is 4. The molecule has 11 heteroatoms. The van der Waals surface area contributed by atoms with Gasteiger partial charge in [-0.1, -0.05) is 31.2 Å². The van der Waals surface area contributed by atoms with Gasteiger partial charge in [0.2, 0.25) is 0 Å². The number of aromatic nitrogens is 3. The van der Waals surface area contributed by atoms with E-state index in [0.29, 0.717) is 6.61 Å². The number of hydrogen-bond acceptors (Lipinski definition) is 5. The van der Waals surface area contributed by atoms with Crippen LogP contribution in [0.2, 0.25) is 30.8 Å². The molecule has 0 saturated carbocycles. The molecule has 1 aliphatic rings. The number of ether oxygens (including phenoxy) is 1. The molecule has 0 N–H and O–H groups in total. The van der Waals surface area contributed by atoms with E-state index >= 15 is 0 Å². The second-order valence-electron chi connectivity index (χ2n) is 8.19. The summed E-state index contributed by atoms with van der Waals surface area (Å²) in [4.78, 5) is 18.0. The van der Waals surface area contributed by atoms with Gasteiger partial charge >= 0.3 is 6.18 Å². The van der Waals surface area contributed by atoms with Gasteiger partial charge in [0, 0.05) is 34.0 Å². The number of hydrogen-bond donors (Lipinski definition) is 0. The van der Waals surface area contributed by atoms with E-state index in [1.54, 1.807) is 6.07 Å². The number of anilines is 1. The summed E-state index contributed by atoms with van der Waals surface area (Å²) in [6.07, 6.45) is -2.21. The van der Waals surface area contributed by atoms with Crippen LogP contribution < -0.4 is 10.5 Å².